The molecule has 0 aromatic rings. The van der Waals surface area contributed by atoms with E-state index in [1.54, 1.807) is 14.2 Å². The van der Waals surface area contributed by atoms with E-state index in [2.05, 4.69) is 33.4 Å². The Balaban J connectivity index is 1.78. The van der Waals surface area contributed by atoms with Crippen LogP contribution in [0.25, 0.3) is 0 Å². The van der Waals surface area contributed by atoms with E-state index in [4.69, 9.17) is 18.9 Å². The molecule has 2 aliphatic rings. The number of hydrogen-bond acceptors (Lipinski definition) is 4. The normalized spacial score (nSPS) is 26.5. The Hall–Kier alpha value is -0.680. The van der Waals surface area contributed by atoms with Gasteiger partial charge in [0.25, 0.3) is 0 Å². The van der Waals surface area contributed by atoms with Crippen LogP contribution in [-0.2, 0) is 18.9 Å². The fourth-order valence-corrected chi connectivity index (χ4v) is 4.85. The Morgan fingerprint density at radius 3 is 2.36 bits per heavy atom. The topological polar surface area (TPSA) is 36.9 Å². The van der Waals surface area contributed by atoms with Gasteiger partial charge in [0.15, 0.2) is 12.1 Å². The summed E-state index contributed by atoms with van der Waals surface area (Å²) in [5.41, 5.74) is 3.26. The molecule has 0 unspecified atom stereocenters. The Kier molecular flexibility index (Phi) is 8.75. The van der Waals surface area contributed by atoms with Gasteiger partial charge in [0.2, 0.25) is 0 Å². The lowest BCUT2D eigenvalue weighted by molar-refractivity contribution is -0.145. The quantitative estimate of drug-likeness (QED) is 0.306. The van der Waals surface area contributed by atoms with Crippen molar-refractivity contribution in [2.75, 3.05) is 27.4 Å². The molecular weight excluding hydrogens is 352 g/mol. The average Bonchev–Trinajstić information content (AvgIpc) is 3.07. The summed E-state index contributed by atoms with van der Waals surface area (Å²) in [6.45, 7) is 15.0. The van der Waals surface area contributed by atoms with Gasteiger partial charge in [0, 0.05) is 27.1 Å². The average molecular weight is 395 g/mol. The molecule has 0 aromatic carbocycles. The first-order chi connectivity index (χ1) is 13.2. The van der Waals surface area contributed by atoms with Crippen molar-refractivity contribution in [1.82, 2.24) is 0 Å². The van der Waals surface area contributed by atoms with Crippen molar-refractivity contribution in [2.45, 2.75) is 84.7 Å². The third kappa shape index (κ3) is 6.41. The maximum absolute atomic E-state index is 5.69. The standard InChI is InChI=1S/C24H42O4/c1-18(9-8-14-24(5)27-15-16-28-24)10-12-21-20(17-23(21,3)4)19(2)11-13-22(25-6)26-7/h9,20-22H,2,8,10-17H2,1,3-7H3/b18-9-/t20-,21-/m1/s1. The van der Waals surface area contributed by atoms with Crippen molar-refractivity contribution >= 4 is 0 Å². The van der Waals surface area contributed by atoms with E-state index in [0.29, 0.717) is 17.3 Å². The maximum Gasteiger partial charge on any atom is 0.166 e. The van der Waals surface area contributed by atoms with E-state index in [1.807, 2.05) is 6.92 Å². The van der Waals surface area contributed by atoms with Crippen molar-refractivity contribution in [3.63, 3.8) is 0 Å². The largest absolute Gasteiger partial charge is 0.356 e. The minimum absolute atomic E-state index is 0.122. The third-order valence-electron chi connectivity index (χ3n) is 6.83. The van der Waals surface area contributed by atoms with Gasteiger partial charge in [-0.25, -0.2) is 0 Å². The van der Waals surface area contributed by atoms with Gasteiger partial charge in [-0.1, -0.05) is 37.6 Å². The van der Waals surface area contributed by atoms with Gasteiger partial charge < -0.3 is 18.9 Å². The summed E-state index contributed by atoms with van der Waals surface area (Å²) >= 11 is 0. The lowest BCUT2D eigenvalue weighted by Gasteiger charge is -2.53. The Bertz CT molecular complexity index is 527. The Morgan fingerprint density at radius 2 is 1.79 bits per heavy atom. The second-order valence-corrected chi connectivity index (χ2v) is 9.46. The smallest absolute Gasteiger partial charge is 0.166 e. The molecule has 1 saturated heterocycles. The molecule has 0 bridgehead atoms. The predicted octanol–water partition coefficient (Wildman–Crippen LogP) is 5.87. The first kappa shape index (κ1) is 23.6. The number of methoxy groups -OCH3 is 2. The van der Waals surface area contributed by atoms with Crippen molar-refractivity contribution in [3.05, 3.63) is 23.8 Å². The predicted molar refractivity (Wildman–Crippen MR) is 114 cm³/mol. The second kappa shape index (κ2) is 10.4. The summed E-state index contributed by atoms with van der Waals surface area (Å²) < 4.78 is 22.0. The van der Waals surface area contributed by atoms with Crippen LogP contribution in [0.2, 0.25) is 0 Å². The first-order valence-corrected chi connectivity index (χ1v) is 10.9. The fourth-order valence-electron chi connectivity index (χ4n) is 4.85. The van der Waals surface area contributed by atoms with Crippen molar-refractivity contribution < 1.29 is 18.9 Å². The third-order valence-corrected chi connectivity index (χ3v) is 6.83. The van der Waals surface area contributed by atoms with E-state index >= 15 is 0 Å². The van der Waals surface area contributed by atoms with E-state index in [1.165, 1.54) is 24.0 Å². The number of ether oxygens (including phenoxy) is 4. The molecular formula is C24H42O4. The highest BCUT2D eigenvalue weighted by molar-refractivity contribution is 5.14. The zero-order valence-electron chi connectivity index (χ0n) is 19.0. The van der Waals surface area contributed by atoms with Crippen LogP contribution in [-0.4, -0.2) is 39.5 Å². The summed E-state index contributed by atoms with van der Waals surface area (Å²) in [6, 6.07) is 0. The monoisotopic (exact) mass is 394 g/mol. The van der Waals surface area contributed by atoms with E-state index < -0.39 is 0 Å². The Labute approximate surface area is 172 Å². The fraction of sp³-hybridized carbons (Fsp3) is 0.833. The molecule has 0 radical (unpaired) electrons. The molecule has 1 aliphatic heterocycles. The van der Waals surface area contributed by atoms with Gasteiger partial charge in [0.1, 0.15) is 0 Å². The summed E-state index contributed by atoms with van der Waals surface area (Å²) in [6.07, 6.45) is 9.71. The molecule has 162 valence electrons. The van der Waals surface area contributed by atoms with Gasteiger partial charge in [0.05, 0.1) is 13.2 Å². The minimum Gasteiger partial charge on any atom is -0.356 e. The van der Waals surface area contributed by atoms with Crippen molar-refractivity contribution in [3.8, 4) is 0 Å². The highest BCUT2D eigenvalue weighted by Gasteiger charge is 2.47. The van der Waals surface area contributed by atoms with Crippen molar-refractivity contribution in [2.24, 2.45) is 17.3 Å². The summed E-state index contributed by atoms with van der Waals surface area (Å²) in [5.74, 6) is 0.972. The molecule has 0 N–H and O–H groups in total. The Morgan fingerprint density at radius 1 is 1.14 bits per heavy atom. The van der Waals surface area contributed by atoms with Crippen LogP contribution in [0, 0.1) is 17.3 Å². The molecule has 2 rings (SSSR count). The molecule has 4 heteroatoms. The second-order valence-electron chi connectivity index (χ2n) is 9.46. The highest BCUT2D eigenvalue weighted by Crippen LogP contribution is 2.56. The van der Waals surface area contributed by atoms with E-state index in [0.717, 1.165) is 45.3 Å². The molecule has 4 nitrogen and oxygen atoms in total. The molecule has 1 heterocycles. The molecule has 0 spiro atoms. The minimum atomic E-state index is -0.377. The molecule has 2 atom stereocenters. The van der Waals surface area contributed by atoms with Crippen LogP contribution in [0.15, 0.2) is 23.8 Å². The van der Waals surface area contributed by atoms with Crippen LogP contribution in [0.1, 0.15) is 72.6 Å². The van der Waals surface area contributed by atoms with Gasteiger partial charge in [-0.15, -0.1) is 0 Å². The zero-order chi connectivity index (χ0) is 20.8. The molecule has 28 heavy (non-hydrogen) atoms. The molecule has 0 aromatic heterocycles. The van der Waals surface area contributed by atoms with Crippen LogP contribution < -0.4 is 0 Å². The maximum atomic E-state index is 5.69. The summed E-state index contributed by atoms with van der Waals surface area (Å²) in [7, 11) is 3.40. The van der Waals surface area contributed by atoms with Gasteiger partial charge in [-0.3, -0.25) is 0 Å². The molecule has 2 fully saturated rings. The van der Waals surface area contributed by atoms with Gasteiger partial charge in [-0.2, -0.15) is 0 Å². The zero-order valence-corrected chi connectivity index (χ0v) is 19.0. The molecule has 0 amide bonds. The number of rotatable bonds is 12. The van der Waals surface area contributed by atoms with Crippen LogP contribution >= 0.6 is 0 Å². The lowest BCUT2D eigenvalue weighted by Crippen LogP contribution is -2.44. The SMILES string of the molecule is C=C(CCC(OC)OC)[C@H]1CC(C)(C)[C@@H]1CC/C(C)=C\CCC1(C)OCCO1. The lowest BCUT2D eigenvalue weighted by atomic mass is 9.52. The highest BCUT2D eigenvalue weighted by atomic mass is 16.7. The van der Waals surface area contributed by atoms with Crippen LogP contribution in [0.5, 0.6) is 0 Å². The first-order valence-electron chi connectivity index (χ1n) is 10.9. The van der Waals surface area contributed by atoms with Crippen molar-refractivity contribution in [1.29, 1.82) is 0 Å². The molecule has 1 saturated carbocycles. The molecule has 1 aliphatic carbocycles. The summed E-state index contributed by atoms with van der Waals surface area (Å²) in [5, 5.41) is 0. The van der Waals surface area contributed by atoms with Gasteiger partial charge in [-0.05, 0) is 63.2 Å². The van der Waals surface area contributed by atoms with Gasteiger partial charge >= 0.3 is 0 Å². The van der Waals surface area contributed by atoms with Crippen LogP contribution in [0.3, 0.4) is 0 Å². The number of allylic oxidation sites excluding steroid dienone is 3. The van der Waals surface area contributed by atoms with Crippen LogP contribution in [0.4, 0.5) is 0 Å². The number of hydrogen-bond donors (Lipinski definition) is 0. The summed E-state index contributed by atoms with van der Waals surface area (Å²) in [4.78, 5) is 0. The van der Waals surface area contributed by atoms with E-state index in [-0.39, 0.29) is 12.1 Å². The van der Waals surface area contributed by atoms with E-state index in [9.17, 15) is 0 Å².